The normalized spacial score (nSPS) is 27.0. The standard InChI is InChI=1S/C23H38N5O5P/c1-22(2,3)17(26-21(24)33)20(32)28-10-12-14(23(12,4)5)15(28)18(30)25-13(9-11-7-6-8-11)16(29)19(31)27-34/h11-15,17H,6-10,34H2,1-5H3,(H,25,30)(H,27,31)(H3,24,26,33)/t12-,13?,14?,15-,17+/m0/s1. The molecule has 1 aliphatic heterocycles. The Labute approximate surface area is 203 Å². The largest absolute Gasteiger partial charge is 0.352 e. The Morgan fingerprint density at radius 3 is 2.21 bits per heavy atom. The Bertz CT molecular complexity index is 881. The molecule has 5 N–H and O–H groups in total. The summed E-state index contributed by atoms with van der Waals surface area (Å²) in [4.78, 5) is 65.0. The molecule has 3 unspecified atom stereocenters. The van der Waals surface area contributed by atoms with E-state index in [-0.39, 0.29) is 29.1 Å². The van der Waals surface area contributed by atoms with Crippen LogP contribution in [0.2, 0.25) is 0 Å². The van der Waals surface area contributed by atoms with E-state index >= 15 is 0 Å². The monoisotopic (exact) mass is 495 g/mol. The van der Waals surface area contributed by atoms with Crippen LogP contribution >= 0.6 is 9.39 Å². The van der Waals surface area contributed by atoms with Gasteiger partial charge in [-0.3, -0.25) is 19.2 Å². The van der Waals surface area contributed by atoms with Crippen molar-refractivity contribution in [2.75, 3.05) is 6.54 Å². The van der Waals surface area contributed by atoms with Gasteiger partial charge in [-0.1, -0.05) is 53.9 Å². The molecule has 6 atom stereocenters. The van der Waals surface area contributed by atoms with Gasteiger partial charge < -0.3 is 26.4 Å². The smallest absolute Gasteiger partial charge is 0.312 e. The third kappa shape index (κ3) is 5.07. The predicted molar refractivity (Wildman–Crippen MR) is 129 cm³/mol. The van der Waals surface area contributed by atoms with Crippen LogP contribution < -0.4 is 21.5 Å². The van der Waals surface area contributed by atoms with Gasteiger partial charge in [0.1, 0.15) is 12.1 Å². The van der Waals surface area contributed by atoms with Crippen molar-refractivity contribution in [3.8, 4) is 0 Å². The Morgan fingerprint density at radius 2 is 1.74 bits per heavy atom. The van der Waals surface area contributed by atoms with Crippen molar-refractivity contribution in [2.24, 2.45) is 34.3 Å². The van der Waals surface area contributed by atoms with Gasteiger partial charge in [0.05, 0.1) is 6.04 Å². The van der Waals surface area contributed by atoms with Gasteiger partial charge in [-0.05, 0) is 44.4 Å². The molecule has 1 saturated heterocycles. The van der Waals surface area contributed by atoms with E-state index in [2.05, 4.69) is 29.6 Å². The molecule has 3 rings (SSSR count). The first-order chi connectivity index (χ1) is 15.7. The number of likely N-dealkylation sites (tertiary alicyclic amines) is 1. The molecule has 1 heterocycles. The fourth-order valence-electron chi connectivity index (χ4n) is 5.55. The van der Waals surface area contributed by atoms with Crippen LogP contribution in [0.4, 0.5) is 4.79 Å². The summed E-state index contributed by atoms with van der Waals surface area (Å²) in [7, 11) is 2.01. The number of ketones is 1. The van der Waals surface area contributed by atoms with Crippen LogP contribution in [-0.4, -0.2) is 59.1 Å². The molecular weight excluding hydrogens is 457 g/mol. The highest BCUT2D eigenvalue weighted by molar-refractivity contribution is 7.15. The summed E-state index contributed by atoms with van der Waals surface area (Å²) >= 11 is 0. The van der Waals surface area contributed by atoms with Crippen LogP contribution in [-0.2, 0) is 19.2 Å². The predicted octanol–water partition coefficient (Wildman–Crippen LogP) is 0.703. The summed E-state index contributed by atoms with van der Waals surface area (Å²) in [6.45, 7) is 9.95. The van der Waals surface area contributed by atoms with Gasteiger partial charge in [-0.25, -0.2) is 4.79 Å². The first kappa shape index (κ1) is 26.4. The second kappa shape index (κ2) is 9.44. The minimum Gasteiger partial charge on any atom is -0.352 e. The topological polar surface area (TPSA) is 151 Å². The molecular formula is C23H38N5O5P. The number of urea groups is 1. The van der Waals surface area contributed by atoms with Gasteiger partial charge in [0.25, 0.3) is 5.91 Å². The average Bonchev–Trinajstić information content (AvgIpc) is 3.05. The van der Waals surface area contributed by atoms with Crippen LogP contribution in [0.15, 0.2) is 0 Å². The first-order valence-corrected chi connectivity index (χ1v) is 12.5. The number of amides is 5. The SMILES string of the molecule is CC(C)(C)[C@H](NC(N)=O)C(=O)N1C[C@H]2C([C@H]1C(=O)NC(CC1CCC1)C(=O)C(=O)NP)C2(C)C. The fraction of sp³-hybridized carbons (Fsp3) is 0.783. The molecule has 190 valence electrons. The Hall–Kier alpha value is -2.22. The number of hydrogen-bond donors (Lipinski definition) is 4. The second-order valence-electron chi connectivity index (χ2n) is 11.6. The van der Waals surface area contributed by atoms with E-state index < -0.39 is 47.2 Å². The molecule has 0 aromatic heterocycles. The number of Topliss-reactive ketones (excluding diaryl/α,β-unsaturated/α-hetero) is 1. The van der Waals surface area contributed by atoms with Gasteiger partial charge in [0.15, 0.2) is 0 Å². The zero-order valence-corrected chi connectivity index (χ0v) is 21.8. The number of piperidine rings is 1. The van der Waals surface area contributed by atoms with Gasteiger partial charge in [-0.15, -0.1) is 0 Å². The minimum atomic E-state index is -0.946. The molecule has 2 saturated carbocycles. The number of hydrogen-bond acceptors (Lipinski definition) is 5. The number of primary amides is 1. The Morgan fingerprint density at radius 1 is 1.12 bits per heavy atom. The summed E-state index contributed by atoms with van der Waals surface area (Å²) in [6.07, 6.45) is 3.38. The van der Waals surface area contributed by atoms with Crippen molar-refractivity contribution < 1.29 is 24.0 Å². The van der Waals surface area contributed by atoms with E-state index in [0.717, 1.165) is 19.3 Å². The molecule has 0 aromatic rings. The average molecular weight is 496 g/mol. The molecule has 3 fully saturated rings. The number of nitrogens with one attached hydrogen (secondary N) is 3. The molecule has 0 bridgehead atoms. The van der Waals surface area contributed by atoms with E-state index in [9.17, 15) is 24.0 Å². The number of carbonyl (C=O) groups excluding carboxylic acids is 5. The van der Waals surface area contributed by atoms with Gasteiger partial charge in [0, 0.05) is 6.54 Å². The molecule has 10 nitrogen and oxygen atoms in total. The molecule has 11 heteroatoms. The van der Waals surface area contributed by atoms with Crippen LogP contribution in [0, 0.1) is 28.6 Å². The lowest BCUT2D eigenvalue weighted by Gasteiger charge is -2.38. The molecule has 5 amide bonds. The molecule has 3 aliphatic rings. The van der Waals surface area contributed by atoms with Crippen LogP contribution in [0.5, 0.6) is 0 Å². The maximum Gasteiger partial charge on any atom is 0.312 e. The van der Waals surface area contributed by atoms with Crippen molar-refractivity contribution in [3.05, 3.63) is 0 Å². The summed E-state index contributed by atoms with van der Waals surface area (Å²) in [5.74, 6) is -1.94. The Kier molecular flexibility index (Phi) is 7.32. The summed E-state index contributed by atoms with van der Waals surface area (Å²) in [5.41, 5.74) is 4.57. The highest BCUT2D eigenvalue weighted by Crippen LogP contribution is 2.65. The third-order valence-corrected chi connectivity index (χ3v) is 8.20. The van der Waals surface area contributed by atoms with E-state index in [0.29, 0.717) is 13.0 Å². The van der Waals surface area contributed by atoms with E-state index in [1.165, 1.54) is 4.90 Å². The molecule has 2 aliphatic carbocycles. The zero-order valence-electron chi connectivity index (χ0n) is 20.6. The molecule has 0 spiro atoms. The molecule has 0 aromatic carbocycles. The lowest BCUT2D eigenvalue weighted by atomic mass is 9.80. The van der Waals surface area contributed by atoms with E-state index in [4.69, 9.17) is 5.73 Å². The highest BCUT2D eigenvalue weighted by atomic mass is 31.0. The number of fused-ring (bicyclic) bond motifs is 1. The van der Waals surface area contributed by atoms with Gasteiger partial charge in [0.2, 0.25) is 17.6 Å². The second-order valence-corrected chi connectivity index (χ2v) is 11.9. The van der Waals surface area contributed by atoms with Crippen molar-refractivity contribution in [3.63, 3.8) is 0 Å². The number of nitrogens with two attached hydrogens (primary N) is 1. The third-order valence-electron chi connectivity index (χ3n) is 7.94. The number of nitrogens with zero attached hydrogens (tertiary/aromatic N) is 1. The van der Waals surface area contributed by atoms with Crippen molar-refractivity contribution in [1.29, 1.82) is 0 Å². The maximum absolute atomic E-state index is 13.6. The summed E-state index contributed by atoms with van der Waals surface area (Å²) in [6, 6.07) is -3.45. The lowest BCUT2D eigenvalue weighted by molar-refractivity contribution is -0.145. The molecule has 0 radical (unpaired) electrons. The zero-order chi connectivity index (χ0) is 25.6. The fourth-order valence-corrected chi connectivity index (χ4v) is 5.69. The molecule has 34 heavy (non-hydrogen) atoms. The van der Waals surface area contributed by atoms with E-state index in [1.54, 1.807) is 0 Å². The quantitative estimate of drug-likeness (QED) is 0.289. The highest BCUT2D eigenvalue weighted by Gasteiger charge is 2.69. The summed E-state index contributed by atoms with van der Waals surface area (Å²) in [5, 5.41) is 7.61. The van der Waals surface area contributed by atoms with Gasteiger partial charge in [-0.2, -0.15) is 0 Å². The number of carbonyl (C=O) groups is 5. The van der Waals surface area contributed by atoms with Gasteiger partial charge >= 0.3 is 6.03 Å². The van der Waals surface area contributed by atoms with Crippen molar-refractivity contribution in [2.45, 2.75) is 78.4 Å². The Balaban J connectivity index is 1.84. The van der Waals surface area contributed by atoms with Crippen molar-refractivity contribution >= 4 is 38.9 Å². The van der Waals surface area contributed by atoms with E-state index in [1.807, 2.05) is 30.2 Å². The van der Waals surface area contributed by atoms with Crippen LogP contribution in [0.3, 0.4) is 0 Å². The van der Waals surface area contributed by atoms with Crippen LogP contribution in [0.1, 0.15) is 60.3 Å². The van der Waals surface area contributed by atoms with Crippen LogP contribution in [0.25, 0.3) is 0 Å². The van der Waals surface area contributed by atoms with Crippen molar-refractivity contribution in [1.82, 2.24) is 20.6 Å². The number of rotatable bonds is 8. The summed E-state index contributed by atoms with van der Waals surface area (Å²) < 4.78 is 0. The first-order valence-electron chi connectivity index (χ1n) is 11.9. The minimum absolute atomic E-state index is 0.0688. The lowest BCUT2D eigenvalue weighted by Crippen LogP contribution is -2.61. The maximum atomic E-state index is 13.6.